The second kappa shape index (κ2) is 9.27. The summed E-state index contributed by atoms with van der Waals surface area (Å²) < 4.78 is 15.5. The highest BCUT2D eigenvalue weighted by molar-refractivity contribution is 5.91. The van der Waals surface area contributed by atoms with Crippen molar-refractivity contribution in [3.8, 4) is 11.5 Å². The lowest BCUT2D eigenvalue weighted by Gasteiger charge is -2.11. The lowest BCUT2D eigenvalue weighted by Crippen LogP contribution is -2.17. The molecule has 6 heteroatoms. The van der Waals surface area contributed by atoms with Gasteiger partial charge in [0.2, 0.25) is 0 Å². The second-order valence-corrected chi connectivity index (χ2v) is 5.22. The molecule has 6 nitrogen and oxygen atoms in total. The monoisotopic (exact) mass is 355 g/mol. The standard InChI is InChI=1S/C20H21NO5/c1-4-6-14-7-12-17(18(13-14)24-3)26-20(23)21-16-10-8-15(9-11-16)19(22)25-5-2/h4,6-13H,5H2,1-3H3,(H,21,23)/b6-4+. The molecule has 2 rings (SSSR count). The third-order valence-electron chi connectivity index (χ3n) is 3.39. The maximum atomic E-state index is 12.1. The number of hydrogen-bond donors (Lipinski definition) is 1. The molecule has 2 aromatic carbocycles. The van der Waals surface area contributed by atoms with E-state index in [-0.39, 0.29) is 0 Å². The molecule has 0 spiro atoms. The zero-order valence-corrected chi connectivity index (χ0v) is 14.9. The molecule has 136 valence electrons. The van der Waals surface area contributed by atoms with E-state index in [0.29, 0.717) is 29.4 Å². The van der Waals surface area contributed by atoms with Crippen molar-refractivity contribution in [1.29, 1.82) is 0 Å². The zero-order valence-electron chi connectivity index (χ0n) is 14.9. The molecule has 0 aliphatic rings. The van der Waals surface area contributed by atoms with Crippen LogP contribution < -0.4 is 14.8 Å². The number of benzene rings is 2. The molecule has 0 aliphatic carbocycles. The maximum absolute atomic E-state index is 12.1. The van der Waals surface area contributed by atoms with Gasteiger partial charge in [-0.2, -0.15) is 0 Å². The van der Waals surface area contributed by atoms with E-state index in [1.54, 1.807) is 43.3 Å². The molecule has 26 heavy (non-hydrogen) atoms. The van der Waals surface area contributed by atoms with E-state index >= 15 is 0 Å². The number of anilines is 1. The molecular formula is C20H21NO5. The number of carbonyl (C=O) groups is 2. The van der Waals surface area contributed by atoms with Crippen LogP contribution in [-0.2, 0) is 4.74 Å². The van der Waals surface area contributed by atoms with Crippen LogP contribution in [0.5, 0.6) is 11.5 Å². The number of methoxy groups -OCH3 is 1. The van der Waals surface area contributed by atoms with Crippen LogP contribution in [-0.4, -0.2) is 25.8 Å². The third-order valence-corrected chi connectivity index (χ3v) is 3.39. The van der Waals surface area contributed by atoms with E-state index in [1.807, 2.05) is 25.1 Å². The van der Waals surface area contributed by atoms with Gasteiger partial charge < -0.3 is 14.2 Å². The van der Waals surface area contributed by atoms with Crippen LogP contribution in [0.3, 0.4) is 0 Å². The van der Waals surface area contributed by atoms with Gasteiger partial charge in [-0.25, -0.2) is 9.59 Å². The summed E-state index contributed by atoms with van der Waals surface area (Å²) in [6.07, 6.45) is 3.16. The van der Waals surface area contributed by atoms with Crippen molar-refractivity contribution in [2.45, 2.75) is 13.8 Å². The summed E-state index contributed by atoms with van der Waals surface area (Å²) >= 11 is 0. The Kier molecular flexibility index (Phi) is 6.79. The number of esters is 1. The first kappa shape index (κ1) is 19.1. The Labute approximate surface area is 152 Å². The molecule has 0 aromatic heterocycles. The van der Waals surface area contributed by atoms with Crippen LogP contribution in [0.2, 0.25) is 0 Å². The SMILES string of the molecule is C/C=C/c1ccc(OC(=O)Nc2ccc(C(=O)OCC)cc2)c(OC)c1. The Morgan fingerprint density at radius 3 is 2.42 bits per heavy atom. The lowest BCUT2D eigenvalue weighted by molar-refractivity contribution is 0.0526. The van der Waals surface area contributed by atoms with Gasteiger partial charge in [-0.3, -0.25) is 5.32 Å². The Morgan fingerprint density at radius 2 is 1.81 bits per heavy atom. The van der Waals surface area contributed by atoms with Crippen molar-refractivity contribution in [3.05, 3.63) is 59.7 Å². The first-order valence-corrected chi connectivity index (χ1v) is 8.14. The Balaban J connectivity index is 2.03. The number of carbonyl (C=O) groups excluding carboxylic acids is 2. The number of rotatable bonds is 6. The van der Waals surface area contributed by atoms with Crippen LogP contribution in [0.4, 0.5) is 10.5 Å². The first-order chi connectivity index (χ1) is 12.6. The molecular weight excluding hydrogens is 334 g/mol. The summed E-state index contributed by atoms with van der Waals surface area (Å²) in [5, 5.41) is 2.60. The second-order valence-electron chi connectivity index (χ2n) is 5.22. The van der Waals surface area contributed by atoms with Gasteiger partial charge in [-0.1, -0.05) is 18.2 Å². The van der Waals surface area contributed by atoms with Crippen molar-refractivity contribution in [1.82, 2.24) is 0 Å². The topological polar surface area (TPSA) is 73.9 Å². The van der Waals surface area contributed by atoms with Crippen LogP contribution in [0.15, 0.2) is 48.5 Å². The average molecular weight is 355 g/mol. The highest BCUT2D eigenvalue weighted by Gasteiger charge is 2.11. The summed E-state index contributed by atoms with van der Waals surface area (Å²) in [4.78, 5) is 23.7. The molecule has 1 N–H and O–H groups in total. The molecule has 0 radical (unpaired) electrons. The van der Waals surface area contributed by atoms with E-state index in [0.717, 1.165) is 5.56 Å². The van der Waals surface area contributed by atoms with Crippen molar-refractivity contribution in [2.24, 2.45) is 0 Å². The molecule has 2 aromatic rings. The van der Waals surface area contributed by atoms with Gasteiger partial charge in [0, 0.05) is 5.69 Å². The van der Waals surface area contributed by atoms with E-state index in [4.69, 9.17) is 14.2 Å². The normalized spacial score (nSPS) is 10.4. The highest BCUT2D eigenvalue weighted by atomic mass is 16.6. The molecule has 0 bridgehead atoms. The summed E-state index contributed by atoms with van der Waals surface area (Å²) in [5.41, 5.74) is 1.84. The van der Waals surface area contributed by atoms with Gasteiger partial charge >= 0.3 is 12.1 Å². The number of nitrogens with one attached hydrogen (secondary N) is 1. The predicted molar refractivity (Wildman–Crippen MR) is 99.7 cm³/mol. The number of amides is 1. The summed E-state index contributed by atoms with van der Waals surface area (Å²) in [7, 11) is 1.51. The van der Waals surface area contributed by atoms with Gasteiger partial charge in [0.25, 0.3) is 0 Å². The van der Waals surface area contributed by atoms with Crippen LogP contribution >= 0.6 is 0 Å². The Hall–Kier alpha value is -3.28. The predicted octanol–water partition coefficient (Wildman–Crippen LogP) is 4.52. The number of hydrogen-bond acceptors (Lipinski definition) is 5. The van der Waals surface area contributed by atoms with Gasteiger partial charge in [0.1, 0.15) is 0 Å². The minimum atomic E-state index is -0.661. The minimum absolute atomic E-state index is 0.305. The average Bonchev–Trinajstić information content (AvgIpc) is 2.64. The van der Waals surface area contributed by atoms with Crippen molar-refractivity contribution >= 4 is 23.8 Å². The number of ether oxygens (including phenoxy) is 3. The number of allylic oxidation sites excluding steroid dienone is 1. The van der Waals surface area contributed by atoms with Crippen molar-refractivity contribution in [2.75, 3.05) is 19.0 Å². The minimum Gasteiger partial charge on any atom is -0.493 e. The Bertz CT molecular complexity index is 796. The molecule has 0 saturated heterocycles. The van der Waals surface area contributed by atoms with Gasteiger partial charge in [0.15, 0.2) is 11.5 Å². The fraction of sp³-hybridized carbons (Fsp3) is 0.200. The lowest BCUT2D eigenvalue weighted by atomic mass is 10.2. The summed E-state index contributed by atoms with van der Waals surface area (Å²) in [5.74, 6) is 0.349. The molecule has 0 unspecified atom stereocenters. The molecule has 0 atom stereocenters. The highest BCUT2D eigenvalue weighted by Crippen LogP contribution is 2.29. The third kappa shape index (κ3) is 5.11. The smallest absolute Gasteiger partial charge is 0.417 e. The maximum Gasteiger partial charge on any atom is 0.417 e. The molecule has 0 heterocycles. The quantitative estimate of drug-likeness (QED) is 0.772. The fourth-order valence-corrected chi connectivity index (χ4v) is 2.21. The van der Waals surface area contributed by atoms with Crippen molar-refractivity contribution < 1.29 is 23.8 Å². The summed E-state index contributed by atoms with van der Waals surface area (Å²) in [6.45, 7) is 3.96. The van der Waals surface area contributed by atoms with Crippen LogP contribution in [0.25, 0.3) is 6.08 Å². The fourth-order valence-electron chi connectivity index (χ4n) is 2.21. The van der Waals surface area contributed by atoms with E-state index in [9.17, 15) is 9.59 Å². The first-order valence-electron chi connectivity index (χ1n) is 8.14. The van der Waals surface area contributed by atoms with Crippen LogP contribution in [0.1, 0.15) is 29.8 Å². The van der Waals surface area contributed by atoms with Gasteiger partial charge in [-0.15, -0.1) is 0 Å². The largest absolute Gasteiger partial charge is 0.493 e. The summed E-state index contributed by atoms with van der Waals surface area (Å²) in [6, 6.07) is 11.6. The van der Waals surface area contributed by atoms with Gasteiger partial charge in [-0.05, 0) is 55.8 Å². The molecule has 1 amide bonds. The van der Waals surface area contributed by atoms with Crippen molar-refractivity contribution in [3.63, 3.8) is 0 Å². The van der Waals surface area contributed by atoms with E-state index in [2.05, 4.69) is 5.32 Å². The Morgan fingerprint density at radius 1 is 1.08 bits per heavy atom. The molecule has 0 saturated carbocycles. The molecule has 0 aliphatic heterocycles. The zero-order chi connectivity index (χ0) is 18.9. The van der Waals surface area contributed by atoms with E-state index < -0.39 is 12.1 Å². The van der Waals surface area contributed by atoms with E-state index in [1.165, 1.54) is 7.11 Å². The van der Waals surface area contributed by atoms with Crippen LogP contribution in [0, 0.1) is 0 Å². The van der Waals surface area contributed by atoms with Gasteiger partial charge in [0.05, 0.1) is 19.3 Å². The molecule has 0 fully saturated rings.